The zero-order valence-corrected chi connectivity index (χ0v) is 10.1. The average molecular weight is 251 g/mol. The molecule has 0 spiro atoms. The van der Waals surface area contributed by atoms with Crippen molar-refractivity contribution >= 4 is 0 Å². The topological polar surface area (TPSA) is 25.2 Å². The van der Waals surface area contributed by atoms with Gasteiger partial charge in [0, 0.05) is 5.56 Å². The molecule has 0 saturated carbocycles. The molecular weight excluding hydrogens is 236 g/mol. The maximum absolute atomic E-state index is 13.8. The fraction of sp³-hybridized carbons (Fsp3) is 0.286. The summed E-state index contributed by atoms with van der Waals surface area (Å²) in [6.45, 7) is 1.72. The Bertz CT molecular complexity index is 494. The zero-order valence-electron chi connectivity index (χ0n) is 10.1. The Hall–Kier alpha value is -1.68. The van der Waals surface area contributed by atoms with Crippen LogP contribution in [-0.2, 0) is 12.5 Å². The van der Waals surface area contributed by atoms with Gasteiger partial charge in [-0.3, -0.25) is 0 Å². The molecule has 1 heterocycles. The molecule has 0 aliphatic carbocycles. The Labute approximate surface area is 105 Å². The normalized spacial score (nSPS) is 11.7. The van der Waals surface area contributed by atoms with Crippen molar-refractivity contribution in [3.8, 4) is 0 Å². The Kier molecular flexibility index (Phi) is 3.77. The predicted molar refractivity (Wildman–Crippen MR) is 65.5 cm³/mol. The van der Waals surface area contributed by atoms with E-state index in [2.05, 4.69) is 5.32 Å². The molecule has 1 aromatic heterocycles. The van der Waals surface area contributed by atoms with Crippen LogP contribution < -0.4 is 5.32 Å². The van der Waals surface area contributed by atoms with Crippen molar-refractivity contribution in [3.63, 3.8) is 0 Å². The van der Waals surface area contributed by atoms with E-state index in [1.807, 2.05) is 13.0 Å². The molecular formula is C14H15F2NO. The lowest BCUT2D eigenvalue weighted by Gasteiger charge is -2.16. The Morgan fingerprint density at radius 2 is 1.83 bits per heavy atom. The molecule has 0 fully saturated rings. The number of halogens is 2. The quantitative estimate of drug-likeness (QED) is 0.880. The summed E-state index contributed by atoms with van der Waals surface area (Å²) in [6.07, 6.45) is 0. The summed E-state index contributed by atoms with van der Waals surface area (Å²) in [6, 6.07) is 11.4. The Balaban J connectivity index is 1.89. The smallest absolute Gasteiger partial charge is 0.285 e. The van der Waals surface area contributed by atoms with Gasteiger partial charge in [0.2, 0.25) is 0 Å². The number of nitrogens with one attached hydrogen (secondary N) is 1. The molecule has 18 heavy (non-hydrogen) atoms. The maximum atomic E-state index is 13.8. The van der Waals surface area contributed by atoms with E-state index in [1.54, 1.807) is 24.3 Å². The number of hydrogen-bond acceptors (Lipinski definition) is 2. The second-order valence-electron chi connectivity index (χ2n) is 4.19. The van der Waals surface area contributed by atoms with Gasteiger partial charge in [-0.15, -0.1) is 0 Å². The van der Waals surface area contributed by atoms with Crippen LogP contribution in [0.25, 0.3) is 0 Å². The van der Waals surface area contributed by atoms with Crippen molar-refractivity contribution in [2.75, 3.05) is 6.54 Å². The number of hydrogen-bond donors (Lipinski definition) is 1. The van der Waals surface area contributed by atoms with Crippen LogP contribution in [0.15, 0.2) is 46.9 Å². The van der Waals surface area contributed by atoms with E-state index in [1.165, 1.54) is 12.1 Å². The van der Waals surface area contributed by atoms with Gasteiger partial charge in [-0.05, 0) is 19.1 Å². The summed E-state index contributed by atoms with van der Waals surface area (Å²) < 4.78 is 32.8. The van der Waals surface area contributed by atoms with Crippen LogP contribution in [0.4, 0.5) is 8.78 Å². The molecule has 2 nitrogen and oxygen atoms in total. The first-order chi connectivity index (χ1) is 8.58. The lowest BCUT2D eigenvalue weighted by molar-refractivity contribution is -0.00376. The summed E-state index contributed by atoms with van der Waals surface area (Å²) in [5.41, 5.74) is 0.0214. The monoisotopic (exact) mass is 251 g/mol. The van der Waals surface area contributed by atoms with Crippen LogP contribution in [0.3, 0.4) is 0 Å². The molecule has 1 N–H and O–H groups in total. The van der Waals surface area contributed by atoms with Crippen LogP contribution in [0, 0.1) is 6.92 Å². The van der Waals surface area contributed by atoms with Gasteiger partial charge in [-0.2, -0.15) is 8.78 Å². The number of benzene rings is 1. The lowest BCUT2D eigenvalue weighted by Crippen LogP contribution is -2.30. The third-order valence-electron chi connectivity index (χ3n) is 2.64. The van der Waals surface area contributed by atoms with E-state index >= 15 is 0 Å². The molecule has 96 valence electrons. The van der Waals surface area contributed by atoms with Gasteiger partial charge in [0.1, 0.15) is 11.5 Å². The van der Waals surface area contributed by atoms with Crippen molar-refractivity contribution in [2.45, 2.75) is 19.4 Å². The van der Waals surface area contributed by atoms with Crippen molar-refractivity contribution in [1.82, 2.24) is 5.32 Å². The Morgan fingerprint density at radius 1 is 1.11 bits per heavy atom. The van der Waals surface area contributed by atoms with Crippen molar-refractivity contribution < 1.29 is 13.2 Å². The fourth-order valence-corrected chi connectivity index (χ4v) is 1.71. The maximum Gasteiger partial charge on any atom is 0.285 e. The Morgan fingerprint density at radius 3 is 2.44 bits per heavy atom. The largest absolute Gasteiger partial charge is 0.465 e. The molecule has 4 heteroatoms. The first-order valence-corrected chi connectivity index (χ1v) is 5.77. The standard InChI is InChI=1S/C14H15F2NO/c1-11-7-8-13(18-11)9-17-10-14(15,16)12-5-3-2-4-6-12/h2-8,17H,9-10H2,1H3. The second kappa shape index (κ2) is 5.31. The van der Waals surface area contributed by atoms with E-state index in [9.17, 15) is 8.78 Å². The number of aryl methyl sites for hydroxylation is 1. The fourth-order valence-electron chi connectivity index (χ4n) is 1.71. The SMILES string of the molecule is Cc1ccc(CNCC(F)(F)c2ccccc2)o1. The molecule has 2 rings (SSSR count). The van der Waals surface area contributed by atoms with Crippen molar-refractivity contribution in [3.05, 3.63) is 59.5 Å². The van der Waals surface area contributed by atoms with E-state index in [0.717, 1.165) is 5.76 Å². The molecule has 0 unspecified atom stereocenters. The van der Waals surface area contributed by atoms with Gasteiger partial charge in [0.05, 0.1) is 13.1 Å². The van der Waals surface area contributed by atoms with Crippen LogP contribution in [0.5, 0.6) is 0 Å². The van der Waals surface area contributed by atoms with E-state index < -0.39 is 12.5 Å². The van der Waals surface area contributed by atoms with Crippen LogP contribution in [0.2, 0.25) is 0 Å². The molecule has 0 atom stereocenters. The van der Waals surface area contributed by atoms with Crippen LogP contribution in [-0.4, -0.2) is 6.54 Å². The van der Waals surface area contributed by atoms with Gasteiger partial charge < -0.3 is 9.73 Å². The van der Waals surface area contributed by atoms with Gasteiger partial charge in [0.15, 0.2) is 0 Å². The third-order valence-corrected chi connectivity index (χ3v) is 2.64. The lowest BCUT2D eigenvalue weighted by atomic mass is 10.1. The summed E-state index contributed by atoms with van der Waals surface area (Å²) in [5, 5.41) is 2.71. The highest BCUT2D eigenvalue weighted by molar-refractivity contribution is 5.20. The van der Waals surface area contributed by atoms with Crippen molar-refractivity contribution in [1.29, 1.82) is 0 Å². The molecule has 0 radical (unpaired) electrons. The first kappa shape index (κ1) is 12.8. The van der Waals surface area contributed by atoms with Crippen molar-refractivity contribution in [2.24, 2.45) is 0 Å². The average Bonchev–Trinajstić information content (AvgIpc) is 2.76. The van der Waals surface area contributed by atoms with Gasteiger partial charge in [-0.1, -0.05) is 30.3 Å². The predicted octanol–water partition coefficient (Wildman–Crippen LogP) is 3.47. The summed E-state index contributed by atoms with van der Waals surface area (Å²) in [7, 11) is 0. The number of alkyl halides is 2. The van der Waals surface area contributed by atoms with Gasteiger partial charge in [-0.25, -0.2) is 0 Å². The minimum Gasteiger partial charge on any atom is -0.465 e. The zero-order chi connectivity index (χ0) is 13.0. The molecule has 0 aliphatic rings. The van der Waals surface area contributed by atoms with Crippen LogP contribution >= 0.6 is 0 Å². The third kappa shape index (κ3) is 3.17. The highest BCUT2D eigenvalue weighted by Gasteiger charge is 2.30. The minimum atomic E-state index is -2.87. The molecule has 0 amide bonds. The number of furan rings is 1. The molecule has 1 aromatic carbocycles. The first-order valence-electron chi connectivity index (χ1n) is 5.77. The van der Waals surface area contributed by atoms with Gasteiger partial charge >= 0.3 is 0 Å². The molecule has 0 saturated heterocycles. The summed E-state index contributed by atoms with van der Waals surface area (Å²) >= 11 is 0. The van der Waals surface area contributed by atoms with E-state index in [0.29, 0.717) is 12.3 Å². The van der Waals surface area contributed by atoms with Gasteiger partial charge in [0.25, 0.3) is 5.92 Å². The summed E-state index contributed by atoms with van der Waals surface area (Å²) in [5.74, 6) is -1.43. The molecule has 0 bridgehead atoms. The van der Waals surface area contributed by atoms with E-state index in [-0.39, 0.29) is 5.56 Å². The number of rotatable bonds is 5. The van der Waals surface area contributed by atoms with E-state index in [4.69, 9.17) is 4.42 Å². The minimum absolute atomic E-state index is 0.0214. The molecule has 2 aromatic rings. The molecule has 0 aliphatic heterocycles. The second-order valence-corrected chi connectivity index (χ2v) is 4.19. The highest BCUT2D eigenvalue weighted by atomic mass is 19.3. The summed E-state index contributed by atoms with van der Waals surface area (Å²) in [4.78, 5) is 0. The highest BCUT2D eigenvalue weighted by Crippen LogP contribution is 2.26. The van der Waals surface area contributed by atoms with Crippen LogP contribution in [0.1, 0.15) is 17.1 Å².